The Morgan fingerprint density at radius 2 is 1.31 bits per heavy atom. The molecule has 0 heterocycles. The number of allylic oxidation sites excluding steroid dienone is 2. The summed E-state index contributed by atoms with van der Waals surface area (Å²) >= 11 is 0. The topological polar surface area (TPSA) is 44.5 Å². The van der Waals surface area contributed by atoms with Gasteiger partial charge in [0.25, 0.3) is 0 Å². The summed E-state index contributed by atoms with van der Waals surface area (Å²) in [6, 6.07) is -0.136. The molecule has 0 aromatic carbocycles. The molecule has 0 bridgehead atoms. The second kappa shape index (κ2) is 9.28. The van der Waals surface area contributed by atoms with E-state index < -0.39 is 0 Å². The van der Waals surface area contributed by atoms with Crippen molar-refractivity contribution in [3.63, 3.8) is 0 Å². The van der Waals surface area contributed by atoms with Gasteiger partial charge in [-0.1, -0.05) is 26.0 Å². The molecule has 94 valence electrons. The van der Waals surface area contributed by atoms with Gasteiger partial charge in [0.15, 0.2) is 0 Å². The normalized spacial score (nSPS) is 17.6. The Hall–Kier alpha value is -0.960. The molecule has 0 saturated carbocycles. The van der Waals surface area contributed by atoms with Crippen molar-refractivity contribution in [2.75, 3.05) is 0 Å². The quantitative estimate of drug-likeness (QED) is 0.648. The van der Waals surface area contributed by atoms with Gasteiger partial charge in [0, 0.05) is 0 Å². The first-order valence-electron chi connectivity index (χ1n) is 5.99. The molecule has 0 aliphatic rings. The van der Waals surface area contributed by atoms with Crippen molar-refractivity contribution in [3.8, 4) is 0 Å². The number of rotatable bonds is 8. The van der Waals surface area contributed by atoms with E-state index in [4.69, 9.17) is 15.2 Å². The van der Waals surface area contributed by atoms with E-state index in [2.05, 4.69) is 13.8 Å². The smallest absolute Gasteiger partial charge is 0.114 e. The molecule has 2 atom stereocenters. The largest absolute Gasteiger partial charge is 0.497 e. The van der Waals surface area contributed by atoms with Crippen molar-refractivity contribution in [3.05, 3.63) is 24.7 Å². The highest BCUT2D eigenvalue weighted by Crippen LogP contribution is 2.06. The number of hydrogen-bond donors (Lipinski definition) is 1. The highest BCUT2D eigenvalue weighted by molar-refractivity contribution is 4.82. The number of nitrogens with two attached hydrogens (primary N) is 1. The summed E-state index contributed by atoms with van der Waals surface area (Å²) in [6.45, 7) is 8.03. The summed E-state index contributed by atoms with van der Waals surface area (Å²) in [7, 11) is 0. The van der Waals surface area contributed by atoms with E-state index in [1.165, 1.54) is 0 Å². The van der Waals surface area contributed by atoms with Gasteiger partial charge < -0.3 is 15.2 Å². The third-order valence-corrected chi connectivity index (χ3v) is 2.33. The van der Waals surface area contributed by atoms with Crippen LogP contribution in [-0.4, -0.2) is 18.2 Å². The third-order valence-electron chi connectivity index (χ3n) is 2.33. The van der Waals surface area contributed by atoms with E-state index in [0.717, 1.165) is 12.8 Å². The van der Waals surface area contributed by atoms with Gasteiger partial charge in [0.05, 0.1) is 18.6 Å². The van der Waals surface area contributed by atoms with Crippen LogP contribution in [0.15, 0.2) is 24.7 Å². The summed E-state index contributed by atoms with van der Waals surface area (Å²) in [6.07, 6.45) is 9.18. The fourth-order valence-corrected chi connectivity index (χ4v) is 1.11. The van der Waals surface area contributed by atoms with Gasteiger partial charge in [-0.05, 0) is 26.7 Å². The molecule has 0 amide bonds. The molecule has 0 spiro atoms. The predicted octanol–water partition coefficient (Wildman–Crippen LogP) is 2.97. The Labute approximate surface area is 99.3 Å². The maximum atomic E-state index is 6.01. The van der Waals surface area contributed by atoms with Crippen LogP contribution >= 0.6 is 0 Å². The second-order valence-electron chi connectivity index (χ2n) is 3.82. The average Bonchev–Trinajstić information content (AvgIpc) is 2.28. The molecular weight excluding hydrogens is 202 g/mol. The van der Waals surface area contributed by atoms with Gasteiger partial charge in [-0.3, -0.25) is 0 Å². The van der Waals surface area contributed by atoms with Crippen LogP contribution in [0.1, 0.15) is 40.5 Å². The van der Waals surface area contributed by atoms with Crippen molar-refractivity contribution in [1.82, 2.24) is 0 Å². The molecule has 16 heavy (non-hydrogen) atoms. The lowest BCUT2D eigenvalue weighted by atomic mass is 10.1. The van der Waals surface area contributed by atoms with Gasteiger partial charge in [-0.15, -0.1) is 0 Å². The van der Waals surface area contributed by atoms with E-state index in [9.17, 15) is 0 Å². The number of ether oxygens (including phenoxy) is 2. The predicted molar refractivity (Wildman–Crippen MR) is 67.9 cm³/mol. The average molecular weight is 227 g/mol. The van der Waals surface area contributed by atoms with Gasteiger partial charge in [-0.2, -0.15) is 0 Å². The zero-order valence-corrected chi connectivity index (χ0v) is 10.8. The Balaban J connectivity index is 3.95. The first kappa shape index (κ1) is 15.0. The summed E-state index contributed by atoms with van der Waals surface area (Å²) in [5, 5.41) is 0. The van der Waals surface area contributed by atoms with Crippen LogP contribution in [0.4, 0.5) is 0 Å². The Bertz CT molecular complexity index is 192. The van der Waals surface area contributed by atoms with Gasteiger partial charge in [-0.25, -0.2) is 0 Å². The van der Waals surface area contributed by atoms with Crippen molar-refractivity contribution < 1.29 is 9.47 Å². The lowest BCUT2D eigenvalue weighted by molar-refractivity contribution is 0.0535. The minimum atomic E-state index is -0.136. The van der Waals surface area contributed by atoms with Crippen LogP contribution in [0.5, 0.6) is 0 Å². The van der Waals surface area contributed by atoms with Crippen molar-refractivity contribution in [1.29, 1.82) is 0 Å². The summed E-state index contributed by atoms with van der Waals surface area (Å²) in [5.41, 5.74) is 6.01. The Morgan fingerprint density at radius 3 is 1.62 bits per heavy atom. The molecule has 0 saturated heterocycles. The van der Waals surface area contributed by atoms with Gasteiger partial charge in [0.1, 0.15) is 12.2 Å². The zero-order chi connectivity index (χ0) is 12.4. The van der Waals surface area contributed by atoms with Crippen LogP contribution in [0.3, 0.4) is 0 Å². The van der Waals surface area contributed by atoms with Crippen LogP contribution in [0.25, 0.3) is 0 Å². The molecule has 0 radical (unpaired) electrons. The molecule has 0 aromatic rings. The van der Waals surface area contributed by atoms with Crippen LogP contribution in [0, 0.1) is 0 Å². The van der Waals surface area contributed by atoms with Crippen LogP contribution in [0.2, 0.25) is 0 Å². The number of hydrogen-bond acceptors (Lipinski definition) is 3. The molecule has 0 rings (SSSR count). The minimum absolute atomic E-state index is 0.0483. The van der Waals surface area contributed by atoms with Crippen LogP contribution < -0.4 is 5.73 Å². The van der Waals surface area contributed by atoms with E-state index >= 15 is 0 Å². The highest BCUT2D eigenvalue weighted by atomic mass is 16.5. The molecule has 0 aromatic heterocycles. The third kappa shape index (κ3) is 6.51. The molecule has 0 aliphatic carbocycles. The second-order valence-corrected chi connectivity index (χ2v) is 3.82. The Morgan fingerprint density at radius 1 is 0.938 bits per heavy atom. The lowest BCUT2D eigenvalue weighted by Gasteiger charge is -2.24. The summed E-state index contributed by atoms with van der Waals surface area (Å²) in [4.78, 5) is 0. The van der Waals surface area contributed by atoms with Crippen molar-refractivity contribution in [2.24, 2.45) is 5.73 Å². The van der Waals surface area contributed by atoms with Crippen molar-refractivity contribution in [2.45, 2.75) is 58.8 Å². The Kier molecular flexibility index (Phi) is 8.72. The minimum Gasteiger partial charge on any atom is -0.497 e. The molecule has 0 aliphatic heterocycles. The standard InChI is InChI=1S/C13H25NO2/c1-5-7-9-15-11(3)13(14)12(4)16-10-8-6-2/h7-13H,5-6,14H2,1-4H3. The summed E-state index contributed by atoms with van der Waals surface area (Å²) in [5.74, 6) is 0. The molecule has 2 N–H and O–H groups in total. The van der Waals surface area contributed by atoms with Gasteiger partial charge >= 0.3 is 0 Å². The van der Waals surface area contributed by atoms with E-state index in [-0.39, 0.29) is 18.2 Å². The molecular formula is C13H25NO2. The van der Waals surface area contributed by atoms with Crippen molar-refractivity contribution >= 4 is 0 Å². The first-order valence-corrected chi connectivity index (χ1v) is 5.99. The van der Waals surface area contributed by atoms with E-state index in [1.54, 1.807) is 12.5 Å². The molecule has 0 fully saturated rings. The zero-order valence-electron chi connectivity index (χ0n) is 10.8. The fourth-order valence-electron chi connectivity index (χ4n) is 1.11. The fraction of sp³-hybridized carbons (Fsp3) is 0.692. The SMILES string of the molecule is CCC=COC(C)C(N)C(C)OC=CCC. The van der Waals surface area contributed by atoms with Gasteiger partial charge in [0.2, 0.25) is 0 Å². The van der Waals surface area contributed by atoms with E-state index in [0.29, 0.717) is 0 Å². The first-order chi connectivity index (χ1) is 7.63. The summed E-state index contributed by atoms with van der Waals surface area (Å²) < 4.78 is 10.9. The van der Waals surface area contributed by atoms with E-state index in [1.807, 2.05) is 26.0 Å². The maximum absolute atomic E-state index is 6.01. The molecule has 3 nitrogen and oxygen atoms in total. The highest BCUT2D eigenvalue weighted by Gasteiger charge is 2.20. The monoisotopic (exact) mass is 227 g/mol. The molecule has 3 heteroatoms. The molecule has 2 unspecified atom stereocenters. The van der Waals surface area contributed by atoms with Crippen LogP contribution in [-0.2, 0) is 9.47 Å². The maximum Gasteiger partial charge on any atom is 0.114 e. The lowest BCUT2D eigenvalue weighted by Crippen LogP contribution is -2.43.